The molecule has 0 amide bonds. The Morgan fingerprint density at radius 3 is 2.63 bits per heavy atom. The lowest BCUT2D eigenvalue weighted by molar-refractivity contribution is 0.306. The van der Waals surface area contributed by atoms with Gasteiger partial charge in [0, 0.05) is 28.4 Å². The zero-order valence-electron chi connectivity index (χ0n) is 10.5. The molecule has 0 aliphatic heterocycles. The van der Waals surface area contributed by atoms with E-state index in [2.05, 4.69) is 10.3 Å². The third kappa shape index (κ3) is 4.01. The van der Waals surface area contributed by atoms with Crippen LogP contribution in [0, 0.1) is 0 Å². The van der Waals surface area contributed by atoms with E-state index in [0.717, 1.165) is 17.9 Å². The summed E-state index contributed by atoms with van der Waals surface area (Å²) < 4.78 is 5.69. The van der Waals surface area contributed by atoms with Gasteiger partial charge >= 0.3 is 0 Å². The van der Waals surface area contributed by atoms with Crippen LogP contribution in [0.2, 0.25) is 10.0 Å². The minimum Gasteiger partial charge on any atom is -0.489 e. The van der Waals surface area contributed by atoms with Crippen molar-refractivity contribution in [1.29, 1.82) is 0 Å². The molecule has 5 heteroatoms. The zero-order valence-corrected chi connectivity index (χ0v) is 12.0. The predicted octanol–water partition coefficient (Wildman–Crippen LogP) is 4.40. The number of hydrogen-bond acceptors (Lipinski definition) is 3. The number of rotatable bonds is 5. The number of hydrogen-bond donors (Lipinski definition) is 1. The van der Waals surface area contributed by atoms with Crippen LogP contribution in [0.5, 0.6) is 5.75 Å². The standard InChI is InChI=1S/C14H14Cl2N2O/c1-2-17-14-10(4-3-5-18-14)9-19-13-7-11(15)6-12(16)8-13/h3-8H,2,9H2,1H3,(H,17,18). The molecule has 19 heavy (non-hydrogen) atoms. The number of nitrogens with zero attached hydrogens (tertiary/aromatic N) is 1. The van der Waals surface area contributed by atoms with Gasteiger partial charge in [0.2, 0.25) is 0 Å². The highest BCUT2D eigenvalue weighted by Crippen LogP contribution is 2.25. The Hall–Kier alpha value is -1.45. The maximum atomic E-state index is 5.92. The number of aromatic nitrogens is 1. The average Bonchev–Trinajstić information content (AvgIpc) is 2.37. The van der Waals surface area contributed by atoms with Crippen molar-refractivity contribution in [2.45, 2.75) is 13.5 Å². The Morgan fingerprint density at radius 1 is 1.21 bits per heavy atom. The van der Waals surface area contributed by atoms with Gasteiger partial charge in [-0.2, -0.15) is 0 Å². The van der Waals surface area contributed by atoms with Crippen LogP contribution in [0.3, 0.4) is 0 Å². The minimum absolute atomic E-state index is 0.410. The van der Waals surface area contributed by atoms with E-state index in [-0.39, 0.29) is 0 Å². The maximum absolute atomic E-state index is 5.92. The average molecular weight is 297 g/mol. The molecule has 3 nitrogen and oxygen atoms in total. The van der Waals surface area contributed by atoms with Gasteiger partial charge < -0.3 is 10.1 Å². The monoisotopic (exact) mass is 296 g/mol. The molecule has 0 spiro atoms. The SMILES string of the molecule is CCNc1ncccc1COc1cc(Cl)cc(Cl)c1. The summed E-state index contributed by atoms with van der Waals surface area (Å²) in [6, 6.07) is 8.99. The molecular formula is C14H14Cl2N2O. The molecule has 1 aromatic carbocycles. The number of pyridine rings is 1. The fourth-order valence-electron chi connectivity index (χ4n) is 1.65. The summed E-state index contributed by atoms with van der Waals surface area (Å²) in [5, 5.41) is 4.30. The summed E-state index contributed by atoms with van der Waals surface area (Å²) in [7, 11) is 0. The van der Waals surface area contributed by atoms with E-state index >= 15 is 0 Å². The van der Waals surface area contributed by atoms with E-state index < -0.39 is 0 Å². The summed E-state index contributed by atoms with van der Waals surface area (Å²) in [5.41, 5.74) is 0.987. The van der Waals surface area contributed by atoms with Crippen LogP contribution in [0.25, 0.3) is 0 Å². The van der Waals surface area contributed by atoms with Crippen molar-refractivity contribution in [3.05, 3.63) is 52.1 Å². The lowest BCUT2D eigenvalue weighted by Crippen LogP contribution is -2.05. The molecule has 0 aliphatic rings. The fraction of sp³-hybridized carbons (Fsp3) is 0.214. The normalized spacial score (nSPS) is 10.3. The molecular weight excluding hydrogens is 283 g/mol. The molecule has 2 rings (SSSR count). The minimum atomic E-state index is 0.410. The molecule has 0 saturated carbocycles. The van der Waals surface area contributed by atoms with Gasteiger partial charge in [-0.25, -0.2) is 4.98 Å². The first-order valence-corrected chi connectivity index (χ1v) is 6.71. The Kier molecular flexibility index (Phi) is 4.88. The van der Waals surface area contributed by atoms with Crippen molar-refractivity contribution in [1.82, 2.24) is 4.98 Å². The van der Waals surface area contributed by atoms with Gasteiger partial charge in [-0.1, -0.05) is 29.3 Å². The lowest BCUT2D eigenvalue weighted by Gasteiger charge is -2.11. The van der Waals surface area contributed by atoms with Crippen LogP contribution in [-0.4, -0.2) is 11.5 Å². The van der Waals surface area contributed by atoms with E-state index in [1.54, 1.807) is 24.4 Å². The smallest absolute Gasteiger partial charge is 0.132 e. The van der Waals surface area contributed by atoms with Crippen molar-refractivity contribution >= 4 is 29.0 Å². The molecule has 0 aliphatic carbocycles. The largest absolute Gasteiger partial charge is 0.489 e. The lowest BCUT2D eigenvalue weighted by atomic mass is 10.2. The van der Waals surface area contributed by atoms with Crippen LogP contribution < -0.4 is 10.1 Å². The first-order chi connectivity index (χ1) is 9.19. The topological polar surface area (TPSA) is 34.2 Å². The summed E-state index contributed by atoms with van der Waals surface area (Å²) in [5.74, 6) is 1.47. The molecule has 2 aromatic rings. The van der Waals surface area contributed by atoms with Gasteiger partial charge in [-0.05, 0) is 31.2 Å². The first kappa shape index (κ1) is 14.0. The van der Waals surface area contributed by atoms with Gasteiger partial charge in [0.15, 0.2) is 0 Å². The second-order valence-electron chi connectivity index (χ2n) is 3.94. The predicted molar refractivity (Wildman–Crippen MR) is 79.2 cm³/mol. The quantitative estimate of drug-likeness (QED) is 0.888. The van der Waals surface area contributed by atoms with Crippen LogP contribution in [0.15, 0.2) is 36.5 Å². The van der Waals surface area contributed by atoms with Gasteiger partial charge in [0.1, 0.15) is 18.2 Å². The Morgan fingerprint density at radius 2 is 1.95 bits per heavy atom. The van der Waals surface area contributed by atoms with Crippen LogP contribution in [-0.2, 0) is 6.61 Å². The van der Waals surface area contributed by atoms with Crippen molar-refractivity contribution < 1.29 is 4.74 Å². The van der Waals surface area contributed by atoms with Gasteiger partial charge in [-0.15, -0.1) is 0 Å². The number of anilines is 1. The molecule has 1 heterocycles. The van der Waals surface area contributed by atoms with E-state index in [4.69, 9.17) is 27.9 Å². The van der Waals surface area contributed by atoms with Crippen molar-refractivity contribution in [3.63, 3.8) is 0 Å². The van der Waals surface area contributed by atoms with E-state index in [1.165, 1.54) is 0 Å². The zero-order chi connectivity index (χ0) is 13.7. The van der Waals surface area contributed by atoms with Crippen LogP contribution >= 0.6 is 23.2 Å². The van der Waals surface area contributed by atoms with Gasteiger partial charge in [0.25, 0.3) is 0 Å². The Balaban J connectivity index is 2.09. The van der Waals surface area contributed by atoms with Crippen LogP contribution in [0.4, 0.5) is 5.82 Å². The summed E-state index contributed by atoms with van der Waals surface area (Å²) in [6.45, 7) is 3.25. The number of ether oxygens (including phenoxy) is 1. The summed E-state index contributed by atoms with van der Waals surface area (Å²) in [6.07, 6.45) is 1.75. The number of nitrogens with one attached hydrogen (secondary N) is 1. The molecule has 0 fully saturated rings. The van der Waals surface area contributed by atoms with Crippen molar-refractivity contribution in [2.24, 2.45) is 0 Å². The molecule has 0 atom stereocenters. The number of halogens is 2. The highest BCUT2D eigenvalue weighted by Gasteiger charge is 2.04. The van der Waals surface area contributed by atoms with Crippen molar-refractivity contribution in [3.8, 4) is 5.75 Å². The maximum Gasteiger partial charge on any atom is 0.132 e. The number of benzene rings is 1. The van der Waals surface area contributed by atoms with E-state index in [0.29, 0.717) is 22.4 Å². The van der Waals surface area contributed by atoms with E-state index in [1.807, 2.05) is 19.1 Å². The van der Waals surface area contributed by atoms with E-state index in [9.17, 15) is 0 Å². The highest BCUT2D eigenvalue weighted by atomic mass is 35.5. The summed E-state index contributed by atoms with van der Waals surface area (Å²) >= 11 is 11.8. The molecule has 0 bridgehead atoms. The molecule has 0 radical (unpaired) electrons. The Labute approximate surface area is 122 Å². The van der Waals surface area contributed by atoms with Crippen LogP contribution in [0.1, 0.15) is 12.5 Å². The fourth-order valence-corrected chi connectivity index (χ4v) is 2.16. The van der Waals surface area contributed by atoms with Gasteiger partial charge in [-0.3, -0.25) is 0 Å². The van der Waals surface area contributed by atoms with Crippen molar-refractivity contribution in [2.75, 3.05) is 11.9 Å². The first-order valence-electron chi connectivity index (χ1n) is 5.95. The summed E-state index contributed by atoms with van der Waals surface area (Å²) in [4.78, 5) is 4.27. The third-order valence-electron chi connectivity index (χ3n) is 2.47. The molecule has 0 unspecified atom stereocenters. The molecule has 100 valence electrons. The third-order valence-corrected chi connectivity index (χ3v) is 2.90. The molecule has 0 saturated heterocycles. The second-order valence-corrected chi connectivity index (χ2v) is 4.81. The molecule has 1 aromatic heterocycles. The Bertz CT molecular complexity index is 541. The molecule has 1 N–H and O–H groups in total. The second kappa shape index (κ2) is 6.64. The van der Waals surface area contributed by atoms with Gasteiger partial charge in [0.05, 0.1) is 0 Å². The highest BCUT2D eigenvalue weighted by molar-refractivity contribution is 6.34.